The molecular formula is C12H22N4. The second-order valence-corrected chi connectivity index (χ2v) is 4.76. The number of piperidine rings is 1. The summed E-state index contributed by atoms with van der Waals surface area (Å²) < 4.78 is 2.13. The number of hydrogen-bond donors (Lipinski definition) is 1. The summed E-state index contributed by atoms with van der Waals surface area (Å²) in [6.45, 7) is 5.42. The molecule has 4 heteroatoms. The van der Waals surface area contributed by atoms with Crippen molar-refractivity contribution in [3.8, 4) is 0 Å². The molecule has 1 aromatic heterocycles. The Labute approximate surface area is 97.4 Å². The lowest BCUT2D eigenvalue weighted by molar-refractivity contribution is 0.126. The van der Waals surface area contributed by atoms with Gasteiger partial charge in [-0.15, -0.1) is 0 Å². The van der Waals surface area contributed by atoms with Gasteiger partial charge >= 0.3 is 0 Å². The van der Waals surface area contributed by atoms with E-state index in [0.29, 0.717) is 6.04 Å². The Morgan fingerprint density at radius 1 is 1.44 bits per heavy atom. The molecule has 0 amide bonds. The first-order valence-corrected chi connectivity index (χ1v) is 6.23. The summed E-state index contributed by atoms with van der Waals surface area (Å²) in [7, 11) is 0. The Morgan fingerprint density at radius 2 is 2.31 bits per heavy atom. The molecule has 0 spiro atoms. The summed E-state index contributed by atoms with van der Waals surface area (Å²) in [5.41, 5.74) is 6.05. The predicted octanol–water partition coefficient (Wildman–Crippen LogP) is 1.08. The van der Waals surface area contributed by atoms with Crippen LogP contribution >= 0.6 is 0 Å². The highest BCUT2D eigenvalue weighted by Gasteiger charge is 2.24. The zero-order chi connectivity index (χ0) is 11.4. The SMILES string of the molecule is CC(N)C1CCCCN1CCn1ccnc1. The molecule has 0 aliphatic carbocycles. The highest BCUT2D eigenvalue weighted by Crippen LogP contribution is 2.18. The van der Waals surface area contributed by atoms with Crippen molar-refractivity contribution in [2.24, 2.45) is 5.73 Å². The molecule has 0 aromatic carbocycles. The molecule has 1 aliphatic rings. The molecule has 0 radical (unpaired) electrons. The third-order valence-corrected chi connectivity index (χ3v) is 3.48. The number of hydrogen-bond acceptors (Lipinski definition) is 3. The first kappa shape index (κ1) is 11.6. The molecule has 2 heterocycles. The molecule has 1 aromatic rings. The largest absolute Gasteiger partial charge is 0.336 e. The molecule has 0 saturated carbocycles. The Balaban J connectivity index is 1.86. The molecule has 0 bridgehead atoms. The average Bonchev–Trinajstić information content (AvgIpc) is 2.79. The van der Waals surface area contributed by atoms with Gasteiger partial charge in [-0.05, 0) is 26.3 Å². The number of nitrogens with zero attached hydrogens (tertiary/aromatic N) is 3. The van der Waals surface area contributed by atoms with Crippen LogP contribution in [0.5, 0.6) is 0 Å². The van der Waals surface area contributed by atoms with Crippen molar-refractivity contribution in [3.63, 3.8) is 0 Å². The van der Waals surface area contributed by atoms with E-state index < -0.39 is 0 Å². The lowest BCUT2D eigenvalue weighted by Crippen LogP contribution is -2.49. The maximum atomic E-state index is 6.05. The first-order chi connectivity index (χ1) is 7.77. The van der Waals surface area contributed by atoms with Crippen LogP contribution in [0, 0.1) is 0 Å². The lowest BCUT2D eigenvalue weighted by Gasteiger charge is -2.38. The zero-order valence-corrected chi connectivity index (χ0v) is 10.0. The summed E-state index contributed by atoms with van der Waals surface area (Å²) in [6.07, 6.45) is 9.62. The molecular weight excluding hydrogens is 200 g/mol. The predicted molar refractivity (Wildman–Crippen MR) is 65.1 cm³/mol. The van der Waals surface area contributed by atoms with E-state index in [9.17, 15) is 0 Å². The van der Waals surface area contributed by atoms with Gasteiger partial charge in [0.05, 0.1) is 6.33 Å². The van der Waals surface area contributed by atoms with Crippen LogP contribution in [0.3, 0.4) is 0 Å². The first-order valence-electron chi connectivity index (χ1n) is 6.23. The summed E-state index contributed by atoms with van der Waals surface area (Å²) in [5.74, 6) is 0. The van der Waals surface area contributed by atoms with Gasteiger partial charge in [0.15, 0.2) is 0 Å². The summed E-state index contributed by atoms with van der Waals surface area (Å²) in [6, 6.07) is 0.848. The van der Waals surface area contributed by atoms with Crippen LogP contribution in [0.4, 0.5) is 0 Å². The Morgan fingerprint density at radius 3 is 3.00 bits per heavy atom. The maximum Gasteiger partial charge on any atom is 0.0946 e. The van der Waals surface area contributed by atoms with Crippen molar-refractivity contribution in [1.82, 2.24) is 14.5 Å². The Hall–Kier alpha value is -0.870. The van der Waals surface area contributed by atoms with Crippen molar-refractivity contribution in [2.45, 2.75) is 44.8 Å². The van der Waals surface area contributed by atoms with Crippen LogP contribution < -0.4 is 5.73 Å². The van der Waals surface area contributed by atoms with Crippen LogP contribution in [0.2, 0.25) is 0 Å². The van der Waals surface area contributed by atoms with Gasteiger partial charge in [-0.25, -0.2) is 4.98 Å². The molecule has 1 fully saturated rings. The van der Waals surface area contributed by atoms with Gasteiger partial charge in [0.2, 0.25) is 0 Å². The molecule has 2 N–H and O–H groups in total. The van der Waals surface area contributed by atoms with Crippen molar-refractivity contribution >= 4 is 0 Å². The molecule has 2 atom stereocenters. The normalized spacial score (nSPS) is 24.5. The molecule has 4 nitrogen and oxygen atoms in total. The van der Waals surface area contributed by atoms with Gasteiger partial charge in [-0.1, -0.05) is 6.42 Å². The molecule has 1 saturated heterocycles. The maximum absolute atomic E-state index is 6.05. The van der Waals surface area contributed by atoms with Crippen LogP contribution in [-0.2, 0) is 6.54 Å². The van der Waals surface area contributed by atoms with Crippen LogP contribution in [0.1, 0.15) is 26.2 Å². The standard InChI is InChI=1S/C12H22N4/c1-11(13)12-4-2-3-6-16(12)9-8-15-7-5-14-10-15/h5,7,10-12H,2-4,6,8-9,13H2,1H3. The van der Waals surface area contributed by atoms with E-state index >= 15 is 0 Å². The van der Waals surface area contributed by atoms with E-state index in [1.165, 1.54) is 25.8 Å². The quantitative estimate of drug-likeness (QED) is 0.829. The zero-order valence-electron chi connectivity index (χ0n) is 10.0. The Bertz CT molecular complexity index is 294. The fourth-order valence-electron chi connectivity index (χ4n) is 2.55. The Kier molecular flexibility index (Phi) is 3.96. The summed E-state index contributed by atoms with van der Waals surface area (Å²) in [5, 5.41) is 0. The smallest absolute Gasteiger partial charge is 0.0946 e. The van der Waals surface area contributed by atoms with Crippen LogP contribution in [-0.4, -0.2) is 39.6 Å². The minimum atomic E-state index is 0.281. The molecule has 16 heavy (non-hydrogen) atoms. The minimum absolute atomic E-state index is 0.281. The number of imidazole rings is 1. The number of rotatable bonds is 4. The number of likely N-dealkylation sites (tertiary alicyclic amines) is 1. The van der Waals surface area contributed by atoms with E-state index in [2.05, 4.69) is 21.4 Å². The average molecular weight is 222 g/mol. The fraction of sp³-hybridized carbons (Fsp3) is 0.750. The molecule has 2 rings (SSSR count). The molecule has 2 unspecified atom stereocenters. The van der Waals surface area contributed by atoms with E-state index in [1.54, 1.807) is 0 Å². The van der Waals surface area contributed by atoms with Gasteiger partial charge in [0.1, 0.15) is 0 Å². The van der Waals surface area contributed by atoms with Crippen molar-refractivity contribution in [1.29, 1.82) is 0 Å². The topological polar surface area (TPSA) is 47.1 Å². The van der Waals surface area contributed by atoms with E-state index in [1.807, 2.05) is 18.7 Å². The highest BCUT2D eigenvalue weighted by atomic mass is 15.2. The molecule has 1 aliphatic heterocycles. The highest BCUT2D eigenvalue weighted by molar-refractivity contribution is 4.83. The van der Waals surface area contributed by atoms with E-state index in [-0.39, 0.29) is 6.04 Å². The van der Waals surface area contributed by atoms with Gasteiger partial charge in [-0.3, -0.25) is 4.90 Å². The number of nitrogens with two attached hydrogens (primary N) is 1. The van der Waals surface area contributed by atoms with Crippen LogP contribution in [0.15, 0.2) is 18.7 Å². The minimum Gasteiger partial charge on any atom is -0.336 e. The lowest BCUT2D eigenvalue weighted by atomic mass is 9.97. The summed E-state index contributed by atoms with van der Waals surface area (Å²) >= 11 is 0. The van der Waals surface area contributed by atoms with Gasteiger partial charge in [0, 0.05) is 37.6 Å². The molecule has 90 valence electrons. The van der Waals surface area contributed by atoms with Crippen molar-refractivity contribution in [3.05, 3.63) is 18.7 Å². The fourth-order valence-corrected chi connectivity index (χ4v) is 2.55. The van der Waals surface area contributed by atoms with Gasteiger partial charge < -0.3 is 10.3 Å². The van der Waals surface area contributed by atoms with E-state index in [0.717, 1.165) is 13.1 Å². The monoisotopic (exact) mass is 222 g/mol. The third kappa shape index (κ3) is 2.83. The van der Waals surface area contributed by atoms with Gasteiger partial charge in [0.25, 0.3) is 0 Å². The second kappa shape index (κ2) is 5.46. The number of aromatic nitrogens is 2. The van der Waals surface area contributed by atoms with E-state index in [4.69, 9.17) is 5.73 Å². The van der Waals surface area contributed by atoms with Gasteiger partial charge in [-0.2, -0.15) is 0 Å². The van der Waals surface area contributed by atoms with Crippen molar-refractivity contribution < 1.29 is 0 Å². The van der Waals surface area contributed by atoms with Crippen molar-refractivity contribution in [2.75, 3.05) is 13.1 Å². The second-order valence-electron chi connectivity index (χ2n) is 4.76. The summed E-state index contributed by atoms with van der Waals surface area (Å²) in [4.78, 5) is 6.60. The van der Waals surface area contributed by atoms with Crippen LogP contribution in [0.25, 0.3) is 0 Å². The third-order valence-electron chi connectivity index (χ3n) is 3.48.